The van der Waals surface area contributed by atoms with Crippen molar-refractivity contribution in [2.24, 2.45) is 0 Å². The number of ether oxygens (including phenoxy) is 2. The summed E-state index contributed by atoms with van der Waals surface area (Å²) in [6, 6.07) is 5.97. The molecule has 6 nitrogen and oxygen atoms in total. The van der Waals surface area contributed by atoms with Crippen molar-refractivity contribution in [3.05, 3.63) is 48.3 Å². The lowest BCUT2D eigenvalue weighted by Crippen LogP contribution is -2.34. The van der Waals surface area contributed by atoms with Gasteiger partial charge >= 0.3 is 6.01 Å². The lowest BCUT2D eigenvalue weighted by atomic mass is 10.3. The van der Waals surface area contributed by atoms with Crippen molar-refractivity contribution in [1.82, 2.24) is 14.9 Å². The van der Waals surface area contributed by atoms with E-state index in [4.69, 9.17) is 9.47 Å². The fraction of sp³-hybridized carbons (Fsp3) is 0.312. The van der Waals surface area contributed by atoms with E-state index in [1.807, 2.05) is 0 Å². The number of hydrogen-bond acceptors (Lipinski definition) is 5. The van der Waals surface area contributed by atoms with Gasteiger partial charge in [-0.2, -0.15) is 0 Å². The average molecular weight is 335 g/mol. The number of likely N-dealkylation sites (tertiary alicyclic amines) is 1. The van der Waals surface area contributed by atoms with Crippen molar-refractivity contribution >= 4 is 5.91 Å². The Morgan fingerprint density at radius 2 is 2.00 bits per heavy atom. The van der Waals surface area contributed by atoms with E-state index < -0.39 is 11.6 Å². The molecule has 1 amide bonds. The topological polar surface area (TPSA) is 64.5 Å². The van der Waals surface area contributed by atoms with Gasteiger partial charge in [-0.3, -0.25) is 4.79 Å². The van der Waals surface area contributed by atoms with Crippen LogP contribution >= 0.6 is 0 Å². The van der Waals surface area contributed by atoms with Crippen LogP contribution in [0.2, 0.25) is 0 Å². The minimum Gasteiger partial charge on any atom is -0.481 e. The molecular formula is C16H15F2N3O3. The summed E-state index contributed by atoms with van der Waals surface area (Å²) in [6.45, 7) is 0.590. The summed E-state index contributed by atoms with van der Waals surface area (Å²) in [6.07, 6.45) is 2.37. The van der Waals surface area contributed by atoms with Crippen LogP contribution in [-0.2, 0) is 4.79 Å². The van der Waals surface area contributed by atoms with Gasteiger partial charge in [0.15, 0.2) is 24.0 Å². The maximum Gasteiger partial charge on any atom is 0.316 e. The van der Waals surface area contributed by atoms with Gasteiger partial charge in [-0.15, -0.1) is 0 Å². The molecule has 126 valence electrons. The number of benzene rings is 1. The molecule has 1 aromatic carbocycles. The summed E-state index contributed by atoms with van der Waals surface area (Å²) in [7, 11) is 0. The predicted octanol–water partition coefficient (Wildman–Crippen LogP) is 1.81. The largest absolute Gasteiger partial charge is 0.481 e. The zero-order valence-electron chi connectivity index (χ0n) is 12.7. The van der Waals surface area contributed by atoms with Gasteiger partial charge in [-0.25, -0.2) is 18.7 Å². The molecule has 24 heavy (non-hydrogen) atoms. The molecule has 0 saturated carbocycles. The van der Waals surface area contributed by atoms with Crippen LogP contribution in [0.25, 0.3) is 0 Å². The molecule has 3 rings (SSSR count). The summed E-state index contributed by atoms with van der Waals surface area (Å²) in [5, 5.41) is 0. The van der Waals surface area contributed by atoms with E-state index in [0.29, 0.717) is 19.5 Å². The third kappa shape index (κ3) is 3.95. The molecule has 0 radical (unpaired) electrons. The summed E-state index contributed by atoms with van der Waals surface area (Å²) >= 11 is 0. The smallest absolute Gasteiger partial charge is 0.316 e. The van der Waals surface area contributed by atoms with Crippen molar-refractivity contribution in [1.29, 1.82) is 0 Å². The molecule has 1 atom stereocenters. The second-order valence-corrected chi connectivity index (χ2v) is 5.27. The standard InChI is InChI=1S/C16H15F2N3O3/c17-11-7-19-16(20-8-11)24-12-5-6-21(9-12)15(22)10-23-14-4-2-1-3-13(14)18/h1-4,7-8,12H,5-6,9-10H2. The molecule has 1 saturated heterocycles. The highest BCUT2D eigenvalue weighted by Crippen LogP contribution is 2.17. The van der Waals surface area contributed by atoms with Crippen LogP contribution in [0.1, 0.15) is 6.42 Å². The van der Waals surface area contributed by atoms with E-state index in [0.717, 1.165) is 12.4 Å². The van der Waals surface area contributed by atoms with E-state index in [9.17, 15) is 13.6 Å². The van der Waals surface area contributed by atoms with Gasteiger partial charge in [-0.05, 0) is 12.1 Å². The first-order chi connectivity index (χ1) is 11.6. The molecule has 0 bridgehead atoms. The number of nitrogens with zero attached hydrogens (tertiary/aromatic N) is 3. The zero-order chi connectivity index (χ0) is 16.9. The van der Waals surface area contributed by atoms with Crippen molar-refractivity contribution in [2.75, 3.05) is 19.7 Å². The number of carbonyl (C=O) groups excluding carboxylic acids is 1. The van der Waals surface area contributed by atoms with Gasteiger partial charge in [0, 0.05) is 13.0 Å². The Morgan fingerprint density at radius 1 is 1.25 bits per heavy atom. The molecule has 0 N–H and O–H groups in total. The minimum absolute atomic E-state index is 0.0394. The zero-order valence-corrected chi connectivity index (χ0v) is 12.7. The second-order valence-electron chi connectivity index (χ2n) is 5.27. The molecule has 1 fully saturated rings. The van der Waals surface area contributed by atoms with E-state index in [1.165, 1.54) is 12.1 Å². The summed E-state index contributed by atoms with van der Waals surface area (Å²) in [5.41, 5.74) is 0. The Hall–Kier alpha value is -2.77. The summed E-state index contributed by atoms with van der Waals surface area (Å²) in [5.74, 6) is -1.28. The van der Waals surface area contributed by atoms with Crippen LogP contribution in [0.4, 0.5) is 8.78 Å². The first-order valence-electron chi connectivity index (χ1n) is 7.41. The first-order valence-corrected chi connectivity index (χ1v) is 7.41. The van der Waals surface area contributed by atoms with E-state index in [2.05, 4.69) is 9.97 Å². The van der Waals surface area contributed by atoms with Crippen LogP contribution in [0.3, 0.4) is 0 Å². The van der Waals surface area contributed by atoms with Gasteiger partial charge in [-0.1, -0.05) is 12.1 Å². The van der Waals surface area contributed by atoms with Crippen LogP contribution < -0.4 is 9.47 Å². The van der Waals surface area contributed by atoms with Crippen molar-refractivity contribution in [3.63, 3.8) is 0 Å². The second kappa shape index (κ2) is 7.20. The number of aromatic nitrogens is 2. The lowest BCUT2D eigenvalue weighted by Gasteiger charge is -2.17. The summed E-state index contributed by atoms with van der Waals surface area (Å²) < 4.78 is 36.9. The fourth-order valence-electron chi connectivity index (χ4n) is 2.35. The minimum atomic E-state index is -0.545. The molecule has 8 heteroatoms. The third-order valence-electron chi connectivity index (χ3n) is 3.55. The molecule has 0 aliphatic carbocycles. The van der Waals surface area contributed by atoms with Crippen molar-refractivity contribution in [2.45, 2.75) is 12.5 Å². The molecule has 2 aromatic rings. The van der Waals surface area contributed by atoms with Gasteiger partial charge in [0.2, 0.25) is 0 Å². The molecule has 1 aliphatic rings. The predicted molar refractivity (Wildman–Crippen MR) is 79.5 cm³/mol. The highest BCUT2D eigenvalue weighted by Gasteiger charge is 2.28. The molecule has 2 heterocycles. The third-order valence-corrected chi connectivity index (χ3v) is 3.55. The number of amides is 1. The van der Waals surface area contributed by atoms with Gasteiger partial charge in [0.25, 0.3) is 5.91 Å². The number of para-hydroxylation sites is 1. The van der Waals surface area contributed by atoms with Gasteiger partial charge in [0.1, 0.15) is 6.10 Å². The molecule has 1 unspecified atom stereocenters. The lowest BCUT2D eigenvalue weighted by molar-refractivity contribution is -0.132. The molecule has 1 aromatic heterocycles. The maximum absolute atomic E-state index is 13.4. The number of carbonyl (C=O) groups is 1. The van der Waals surface area contributed by atoms with Gasteiger partial charge in [0.05, 0.1) is 18.9 Å². The Balaban J connectivity index is 1.49. The van der Waals surface area contributed by atoms with E-state index >= 15 is 0 Å². The Morgan fingerprint density at radius 3 is 2.75 bits per heavy atom. The SMILES string of the molecule is O=C(COc1ccccc1F)N1CCC(Oc2ncc(F)cn2)C1. The number of halogens is 2. The molecular weight excluding hydrogens is 320 g/mol. The number of rotatable bonds is 5. The maximum atomic E-state index is 13.4. The van der Waals surface area contributed by atoms with E-state index in [1.54, 1.807) is 17.0 Å². The van der Waals surface area contributed by atoms with Crippen molar-refractivity contribution in [3.8, 4) is 11.8 Å². The molecule has 0 spiro atoms. The monoisotopic (exact) mass is 335 g/mol. The summed E-state index contributed by atoms with van der Waals surface area (Å²) in [4.78, 5) is 21.1. The van der Waals surface area contributed by atoms with Gasteiger partial charge < -0.3 is 14.4 Å². The molecule has 1 aliphatic heterocycles. The normalized spacial score (nSPS) is 16.9. The number of hydrogen-bond donors (Lipinski definition) is 0. The Labute approximate surface area is 137 Å². The Bertz CT molecular complexity index is 712. The van der Waals surface area contributed by atoms with Crippen LogP contribution in [0, 0.1) is 11.6 Å². The van der Waals surface area contributed by atoms with Crippen LogP contribution in [0.5, 0.6) is 11.8 Å². The highest BCUT2D eigenvalue weighted by atomic mass is 19.1. The Kier molecular flexibility index (Phi) is 4.83. The first kappa shape index (κ1) is 16.1. The fourth-order valence-corrected chi connectivity index (χ4v) is 2.35. The van der Waals surface area contributed by atoms with Crippen molar-refractivity contribution < 1.29 is 23.0 Å². The highest BCUT2D eigenvalue weighted by molar-refractivity contribution is 5.78. The van der Waals surface area contributed by atoms with Crippen LogP contribution in [0.15, 0.2) is 36.7 Å². The quantitative estimate of drug-likeness (QED) is 0.834. The van der Waals surface area contributed by atoms with Crippen LogP contribution in [-0.4, -0.2) is 46.6 Å². The average Bonchev–Trinajstić information content (AvgIpc) is 3.05. The van der Waals surface area contributed by atoms with E-state index in [-0.39, 0.29) is 30.4 Å².